The van der Waals surface area contributed by atoms with Crippen molar-refractivity contribution in [3.63, 3.8) is 0 Å². The lowest BCUT2D eigenvalue weighted by Crippen LogP contribution is -2.53. The normalized spacial score (nSPS) is 16.5. The zero-order valence-electron chi connectivity index (χ0n) is 14.7. The van der Waals surface area contributed by atoms with Gasteiger partial charge >= 0.3 is 0 Å². The summed E-state index contributed by atoms with van der Waals surface area (Å²) < 4.78 is 32.3. The fraction of sp³-hybridized carbons (Fsp3) is 0.562. The van der Waals surface area contributed by atoms with E-state index in [0.717, 1.165) is 11.1 Å². The van der Waals surface area contributed by atoms with Crippen molar-refractivity contribution < 1.29 is 17.9 Å². The third kappa shape index (κ3) is 4.06. The summed E-state index contributed by atoms with van der Waals surface area (Å²) in [6, 6.07) is 5.73. The highest BCUT2D eigenvalue weighted by Gasteiger charge is 2.30. The van der Waals surface area contributed by atoms with Crippen LogP contribution in [0.15, 0.2) is 18.2 Å². The van der Waals surface area contributed by atoms with E-state index in [1.807, 2.05) is 32.0 Å². The molecule has 0 N–H and O–H groups in total. The van der Waals surface area contributed by atoms with Gasteiger partial charge in [-0.3, -0.25) is 4.79 Å². The second-order valence-corrected chi connectivity index (χ2v) is 8.20. The third-order valence-electron chi connectivity index (χ3n) is 4.29. The molecule has 0 aliphatic carbocycles. The van der Waals surface area contributed by atoms with Crippen molar-refractivity contribution in [3.8, 4) is 5.75 Å². The standard InChI is InChI=1S/C16H25N3O4S/c1-13-6-5-7-15(14(13)2)23-12-16(20)18-8-10-19(11-9-18)24(21,22)17(3)4/h5-7H,8-12H2,1-4H3. The first kappa shape index (κ1) is 18.7. The van der Waals surface area contributed by atoms with E-state index in [2.05, 4.69) is 0 Å². The molecule has 0 spiro atoms. The summed E-state index contributed by atoms with van der Waals surface area (Å²) >= 11 is 0. The number of amides is 1. The summed E-state index contributed by atoms with van der Waals surface area (Å²) in [5.41, 5.74) is 2.13. The van der Waals surface area contributed by atoms with E-state index in [9.17, 15) is 13.2 Å². The van der Waals surface area contributed by atoms with E-state index < -0.39 is 10.2 Å². The van der Waals surface area contributed by atoms with Gasteiger partial charge in [-0.1, -0.05) is 12.1 Å². The number of benzene rings is 1. The highest BCUT2D eigenvalue weighted by atomic mass is 32.2. The zero-order chi connectivity index (χ0) is 17.9. The first-order valence-corrected chi connectivity index (χ1v) is 9.27. The van der Waals surface area contributed by atoms with Crippen LogP contribution >= 0.6 is 0 Å². The second kappa shape index (κ2) is 7.50. The van der Waals surface area contributed by atoms with Crippen LogP contribution in [0.2, 0.25) is 0 Å². The Bertz CT molecular complexity index is 695. The van der Waals surface area contributed by atoms with Crippen molar-refractivity contribution in [2.24, 2.45) is 0 Å². The van der Waals surface area contributed by atoms with Crippen molar-refractivity contribution in [2.45, 2.75) is 13.8 Å². The minimum Gasteiger partial charge on any atom is -0.483 e. The molecule has 1 fully saturated rings. The smallest absolute Gasteiger partial charge is 0.281 e. The van der Waals surface area contributed by atoms with Gasteiger partial charge in [0.25, 0.3) is 16.1 Å². The number of carbonyl (C=O) groups excluding carboxylic acids is 1. The molecule has 1 saturated heterocycles. The molecule has 7 nitrogen and oxygen atoms in total. The van der Waals surface area contributed by atoms with Crippen molar-refractivity contribution in [3.05, 3.63) is 29.3 Å². The van der Waals surface area contributed by atoms with E-state index in [-0.39, 0.29) is 12.5 Å². The van der Waals surface area contributed by atoms with Gasteiger partial charge in [0.15, 0.2) is 6.61 Å². The number of nitrogens with zero attached hydrogens (tertiary/aromatic N) is 3. The topological polar surface area (TPSA) is 70.2 Å². The van der Waals surface area contributed by atoms with E-state index in [1.54, 1.807) is 4.90 Å². The van der Waals surface area contributed by atoms with E-state index >= 15 is 0 Å². The van der Waals surface area contributed by atoms with Crippen molar-refractivity contribution in [2.75, 3.05) is 46.9 Å². The molecule has 24 heavy (non-hydrogen) atoms. The van der Waals surface area contributed by atoms with Crippen LogP contribution in [-0.4, -0.2) is 74.7 Å². The number of piperazine rings is 1. The molecule has 1 heterocycles. The second-order valence-electron chi connectivity index (χ2n) is 6.06. The molecule has 0 unspecified atom stereocenters. The molecule has 2 rings (SSSR count). The van der Waals surface area contributed by atoms with Gasteiger partial charge in [-0.15, -0.1) is 0 Å². The molecule has 0 atom stereocenters. The molecule has 1 amide bonds. The van der Waals surface area contributed by atoms with E-state index in [4.69, 9.17) is 4.74 Å². The van der Waals surface area contributed by atoms with Crippen molar-refractivity contribution in [1.29, 1.82) is 0 Å². The van der Waals surface area contributed by atoms with Crippen molar-refractivity contribution >= 4 is 16.1 Å². The van der Waals surface area contributed by atoms with Crippen molar-refractivity contribution in [1.82, 2.24) is 13.5 Å². The maximum absolute atomic E-state index is 12.3. The fourth-order valence-corrected chi connectivity index (χ4v) is 3.60. The number of hydrogen-bond donors (Lipinski definition) is 0. The molecule has 0 aromatic heterocycles. The lowest BCUT2D eigenvalue weighted by molar-refractivity contribution is -0.134. The van der Waals surface area contributed by atoms with Gasteiger partial charge in [0.1, 0.15) is 5.75 Å². The predicted molar refractivity (Wildman–Crippen MR) is 92.2 cm³/mol. The highest BCUT2D eigenvalue weighted by molar-refractivity contribution is 7.86. The Kier molecular flexibility index (Phi) is 5.84. The summed E-state index contributed by atoms with van der Waals surface area (Å²) in [5.74, 6) is 0.579. The van der Waals surface area contributed by atoms with Gasteiger partial charge in [0.2, 0.25) is 0 Å². The number of rotatable bonds is 5. The number of aryl methyl sites for hydroxylation is 1. The highest BCUT2D eigenvalue weighted by Crippen LogP contribution is 2.20. The molecule has 1 aliphatic rings. The maximum atomic E-state index is 12.3. The molecule has 0 saturated carbocycles. The molecule has 134 valence electrons. The van der Waals surface area contributed by atoms with Gasteiger partial charge in [0, 0.05) is 40.3 Å². The van der Waals surface area contributed by atoms with Crippen LogP contribution in [0, 0.1) is 13.8 Å². The Balaban J connectivity index is 1.88. The van der Waals surface area contributed by atoms with Crippen LogP contribution in [0.1, 0.15) is 11.1 Å². The van der Waals surface area contributed by atoms with Crippen LogP contribution < -0.4 is 4.74 Å². The zero-order valence-corrected chi connectivity index (χ0v) is 15.5. The summed E-state index contributed by atoms with van der Waals surface area (Å²) in [6.45, 7) is 5.27. The number of ether oxygens (including phenoxy) is 1. The molecule has 1 aliphatic heterocycles. The van der Waals surface area contributed by atoms with Gasteiger partial charge in [0.05, 0.1) is 0 Å². The minimum absolute atomic E-state index is 0.0370. The molecule has 0 bridgehead atoms. The Morgan fingerprint density at radius 2 is 1.79 bits per heavy atom. The van der Waals surface area contributed by atoms with Crippen LogP contribution in [0.3, 0.4) is 0 Å². The Morgan fingerprint density at radius 1 is 1.17 bits per heavy atom. The third-order valence-corrected chi connectivity index (χ3v) is 6.23. The largest absolute Gasteiger partial charge is 0.483 e. The van der Waals surface area contributed by atoms with Crippen LogP contribution in [0.25, 0.3) is 0 Å². The summed E-state index contributed by atoms with van der Waals surface area (Å²) in [6.07, 6.45) is 0. The van der Waals surface area contributed by atoms with Gasteiger partial charge in [-0.05, 0) is 31.0 Å². The van der Waals surface area contributed by atoms with E-state index in [0.29, 0.717) is 31.9 Å². The Hall–Kier alpha value is -1.64. The van der Waals surface area contributed by atoms with Crippen LogP contribution in [0.5, 0.6) is 5.75 Å². The molecule has 1 aromatic carbocycles. The average Bonchev–Trinajstić information content (AvgIpc) is 2.56. The molecule has 1 aromatic rings. The number of carbonyl (C=O) groups is 1. The van der Waals surface area contributed by atoms with Gasteiger partial charge in [-0.2, -0.15) is 17.0 Å². The predicted octanol–water partition coefficient (Wildman–Crippen LogP) is 0.633. The van der Waals surface area contributed by atoms with E-state index in [1.165, 1.54) is 22.7 Å². The Labute approximate surface area is 144 Å². The summed E-state index contributed by atoms with van der Waals surface area (Å²) in [5, 5.41) is 0. The summed E-state index contributed by atoms with van der Waals surface area (Å²) in [4.78, 5) is 13.9. The van der Waals surface area contributed by atoms with Gasteiger partial charge < -0.3 is 9.64 Å². The average molecular weight is 355 g/mol. The van der Waals surface area contributed by atoms with Crippen LogP contribution in [-0.2, 0) is 15.0 Å². The quantitative estimate of drug-likeness (QED) is 0.777. The number of hydrogen-bond acceptors (Lipinski definition) is 4. The summed E-state index contributed by atoms with van der Waals surface area (Å²) in [7, 11) is -0.408. The first-order valence-electron chi connectivity index (χ1n) is 7.88. The van der Waals surface area contributed by atoms with Gasteiger partial charge in [-0.25, -0.2) is 0 Å². The monoisotopic (exact) mass is 355 g/mol. The molecule has 0 radical (unpaired) electrons. The fourth-order valence-electron chi connectivity index (χ4n) is 2.51. The minimum atomic E-state index is -3.42. The lowest BCUT2D eigenvalue weighted by atomic mass is 10.1. The first-order chi connectivity index (χ1) is 11.2. The SMILES string of the molecule is Cc1cccc(OCC(=O)N2CCN(S(=O)(=O)N(C)C)CC2)c1C. The Morgan fingerprint density at radius 3 is 2.38 bits per heavy atom. The molecule has 8 heteroatoms. The molecular weight excluding hydrogens is 330 g/mol. The van der Waals surface area contributed by atoms with Crippen LogP contribution in [0.4, 0.5) is 0 Å². The lowest BCUT2D eigenvalue weighted by Gasteiger charge is -2.35. The maximum Gasteiger partial charge on any atom is 0.281 e. The molecular formula is C16H25N3O4S.